The van der Waals surface area contributed by atoms with Gasteiger partial charge in [-0.05, 0) is 36.6 Å². The van der Waals surface area contributed by atoms with Gasteiger partial charge in [0.1, 0.15) is 5.82 Å². The Hall–Kier alpha value is -2.67. The van der Waals surface area contributed by atoms with Crippen LogP contribution in [0.25, 0.3) is 11.4 Å². The second-order valence-corrected chi connectivity index (χ2v) is 7.88. The molecular weight excluding hydrogens is 375 g/mol. The Morgan fingerprint density at radius 2 is 1.86 bits per heavy atom. The summed E-state index contributed by atoms with van der Waals surface area (Å²) in [5.74, 6) is 0.539. The highest BCUT2D eigenvalue weighted by molar-refractivity contribution is 7.99. The molecule has 0 unspecified atom stereocenters. The second-order valence-electron chi connectivity index (χ2n) is 6.94. The first kappa shape index (κ1) is 20.1. The number of hydrogen-bond donors (Lipinski definition) is 1. The molecule has 0 fully saturated rings. The lowest BCUT2D eigenvalue weighted by Crippen LogP contribution is -2.16. The minimum absolute atomic E-state index is 0.120. The summed E-state index contributed by atoms with van der Waals surface area (Å²) in [6.45, 7) is 6.73. The van der Waals surface area contributed by atoms with Gasteiger partial charge >= 0.3 is 0 Å². The topological polar surface area (TPSA) is 59.8 Å². The normalized spacial score (nSPS) is 11.0. The van der Waals surface area contributed by atoms with Gasteiger partial charge in [-0.2, -0.15) is 0 Å². The van der Waals surface area contributed by atoms with Gasteiger partial charge in [-0.15, -0.1) is 10.2 Å². The molecule has 3 aromatic rings. The number of rotatable bonds is 7. The van der Waals surface area contributed by atoms with Gasteiger partial charge in [0.05, 0.1) is 11.3 Å². The van der Waals surface area contributed by atoms with E-state index in [2.05, 4.69) is 29.4 Å². The number of carbonyl (C=O) groups is 1. The number of thioether (sulfide) groups is 1. The van der Waals surface area contributed by atoms with Crippen LogP contribution in [0.15, 0.2) is 53.7 Å². The number of aryl methyl sites for hydroxylation is 1. The Labute approximate surface area is 168 Å². The molecule has 3 rings (SSSR count). The van der Waals surface area contributed by atoms with Gasteiger partial charge in [-0.25, -0.2) is 4.39 Å². The number of benzene rings is 2. The van der Waals surface area contributed by atoms with E-state index in [-0.39, 0.29) is 17.5 Å². The number of amides is 1. The largest absolute Gasteiger partial charge is 0.325 e. The third-order valence-electron chi connectivity index (χ3n) is 4.13. The second kappa shape index (κ2) is 9.01. The maximum Gasteiger partial charge on any atom is 0.234 e. The van der Waals surface area contributed by atoms with Crippen molar-refractivity contribution in [1.82, 2.24) is 14.8 Å². The Balaban J connectivity index is 1.77. The summed E-state index contributed by atoms with van der Waals surface area (Å²) in [7, 11) is 0. The third-order valence-corrected chi connectivity index (χ3v) is 5.10. The molecule has 7 heteroatoms. The number of para-hydroxylation sites is 1. The van der Waals surface area contributed by atoms with Crippen molar-refractivity contribution in [1.29, 1.82) is 0 Å². The Morgan fingerprint density at radius 1 is 1.14 bits per heavy atom. The number of nitrogens with one attached hydrogen (secondary N) is 1. The molecule has 0 radical (unpaired) electrons. The molecule has 28 heavy (non-hydrogen) atoms. The predicted octanol–water partition coefficient (Wildman–Crippen LogP) is 4.78. The molecule has 0 saturated carbocycles. The Morgan fingerprint density at radius 3 is 2.57 bits per heavy atom. The van der Waals surface area contributed by atoms with Gasteiger partial charge in [0, 0.05) is 12.2 Å². The first-order valence-electron chi connectivity index (χ1n) is 9.12. The van der Waals surface area contributed by atoms with Gasteiger partial charge in [-0.1, -0.05) is 55.9 Å². The summed E-state index contributed by atoms with van der Waals surface area (Å²) >= 11 is 1.30. The molecular formula is C21H23FN4OS. The fourth-order valence-electron chi connectivity index (χ4n) is 2.80. The number of hydrogen-bond acceptors (Lipinski definition) is 4. The molecule has 2 aromatic carbocycles. The van der Waals surface area contributed by atoms with Crippen molar-refractivity contribution in [3.05, 3.63) is 59.9 Å². The molecule has 0 spiro atoms. The van der Waals surface area contributed by atoms with E-state index in [4.69, 9.17) is 0 Å². The first-order chi connectivity index (χ1) is 13.5. The average Bonchev–Trinajstić information content (AvgIpc) is 3.04. The molecule has 1 N–H and O–H groups in total. The number of nitrogens with zero attached hydrogens (tertiary/aromatic N) is 3. The van der Waals surface area contributed by atoms with Crippen LogP contribution in [0, 0.1) is 18.7 Å². The number of carbonyl (C=O) groups excluding carboxylic acids is 1. The summed E-state index contributed by atoms with van der Waals surface area (Å²) in [4.78, 5) is 12.4. The monoisotopic (exact) mass is 398 g/mol. The standard InChI is InChI=1S/C21H23FN4OS/c1-14(2)12-26-20(16-9-5-6-10-17(16)22)24-25-21(26)28-13-19(27)23-18-11-7-4-8-15(18)3/h4-11,14H,12-13H2,1-3H3,(H,23,27). The van der Waals surface area contributed by atoms with Crippen LogP contribution >= 0.6 is 11.8 Å². The quantitative estimate of drug-likeness (QED) is 0.582. The molecule has 5 nitrogen and oxygen atoms in total. The van der Waals surface area contributed by atoms with Gasteiger partial charge in [0.15, 0.2) is 11.0 Å². The SMILES string of the molecule is Cc1ccccc1NC(=O)CSc1nnc(-c2ccccc2F)n1CC(C)C. The highest BCUT2D eigenvalue weighted by atomic mass is 32.2. The molecule has 0 aliphatic heterocycles. The molecule has 0 aliphatic carbocycles. The van der Waals surface area contributed by atoms with Crippen molar-refractivity contribution in [3.63, 3.8) is 0 Å². The lowest BCUT2D eigenvalue weighted by atomic mass is 10.2. The van der Waals surface area contributed by atoms with Crippen LogP contribution in [-0.2, 0) is 11.3 Å². The average molecular weight is 399 g/mol. The number of halogens is 1. The van der Waals surface area contributed by atoms with E-state index < -0.39 is 0 Å². The Bertz CT molecular complexity index is 971. The van der Waals surface area contributed by atoms with E-state index >= 15 is 0 Å². The first-order valence-corrected chi connectivity index (χ1v) is 10.1. The maximum atomic E-state index is 14.2. The van der Waals surface area contributed by atoms with Crippen LogP contribution in [0.5, 0.6) is 0 Å². The van der Waals surface area contributed by atoms with Crippen molar-refractivity contribution >= 4 is 23.4 Å². The zero-order valence-electron chi connectivity index (χ0n) is 16.1. The minimum Gasteiger partial charge on any atom is -0.325 e. The van der Waals surface area contributed by atoms with Crippen molar-refractivity contribution in [3.8, 4) is 11.4 Å². The van der Waals surface area contributed by atoms with Crippen LogP contribution < -0.4 is 5.32 Å². The zero-order chi connectivity index (χ0) is 20.1. The fraction of sp³-hybridized carbons (Fsp3) is 0.286. The van der Waals surface area contributed by atoms with E-state index in [0.29, 0.717) is 29.0 Å². The minimum atomic E-state index is -0.339. The maximum absolute atomic E-state index is 14.2. The van der Waals surface area contributed by atoms with Crippen molar-refractivity contribution in [2.24, 2.45) is 5.92 Å². The Kier molecular flexibility index (Phi) is 6.46. The molecule has 0 saturated heterocycles. The summed E-state index contributed by atoms with van der Waals surface area (Å²) < 4.78 is 16.1. The molecule has 0 atom stereocenters. The molecule has 1 aromatic heterocycles. The van der Waals surface area contributed by atoms with Gasteiger partial charge < -0.3 is 9.88 Å². The van der Waals surface area contributed by atoms with Gasteiger partial charge in [0.2, 0.25) is 5.91 Å². The van der Waals surface area contributed by atoms with Crippen LogP contribution in [0.1, 0.15) is 19.4 Å². The van der Waals surface area contributed by atoms with Crippen molar-refractivity contribution in [2.45, 2.75) is 32.5 Å². The van der Waals surface area contributed by atoms with Crippen LogP contribution in [0.2, 0.25) is 0 Å². The summed E-state index contributed by atoms with van der Waals surface area (Å²) in [5.41, 5.74) is 2.21. The van der Waals surface area contributed by atoms with E-state index in [9.17, 15) is 9.18 Å². The highest BCUT2D eigenvalue weighted by Gasteiger charge is 2.18. The van der Waals surface area contributed by atoms with E-state index in [1.807, 2.05) is 35.8 Å². The van der Waals surface area contributed by atoms with E-state index in [1.54, 1.807) is 18.2 Å². The summed E-state index contributed by atoms with van der Waals surface area (Å²) in [6.07, 6.45) is 0. The number of anilines is 1. The van der Waals surface area contributed by atoms with Crippen molar-refractivity contribution < 1.29 is 9.18 Å². The number of aromatic nitrogens is 3. The molecule has 0 bridgehead atoms. The fourth-order valence-corrected chi connectivity index (χ4v) is 3.54. The molecule has 146 valence electrons. The van der Waals surface area contributed by atoms with Crippen molar-refractivity contribution in [2.75, 3.05) is 11.1 Å². The smallest absolute Gasteiger partial charge is 0.234 e. The lowest BCUT2D eigenvalue weighted by molar-refractivity contribution is -0.113. The molecule has 1 heterocycles. The third kappa shape index (κ3) is 4.78. The molecule has 0 aliphatic rings. The summed E-state index contributed by atoms with van der Waals surface area (Å²) in [6, 6.07) is 14.1. The predicted molar refractivity (Wildman–Crippen MR) is 111 cm³/mol. The van der Waals surface area contributed by atoms with E-state index in [0.717, 1.165) is 11.3 Å². The zero-order valence-corrected chi connectivity index (χ0v) is 17.0. The van der Waals surface area contributed by atoms with E-state index in [1.165, 1.54) is 17.8 Å². The van der Waals surface area contributed by atoms with Gasteiger partial charge in [-0.3, -0.25) is 4.79 Å². The molecule has 1 amide bonds. The van der Waals surface area contributed by atoms with Crippen LogP contribution in [-0.4, -0.2) is 26.4 Å². The highest BCUT2D eigenvalue weighted by Crippen LogP contribution is 2.27. The summed E-state index contributed by atoms with van der Waals surface area (Å²) in [5, 5.41) is 11.9. The van der Waals surface area contributed by atoms with Gasteiger partial charge in [0.25, 0.3) is 0 Å². The lowest BCUT2D eigenvalue weighted by Gasteiger charge is -2.13. The van der Waals surface area contributed by atoms with Crippen LogP contribution in [0.4, 0.5) is 10.1 Å². The van der Waals surface area contributed by atoms with Crippen LogP contribution in [0.3, 0.4) is 0 Å².